The summed E-state index contributed by atoms with van der Waals surface area (Å²) in [6, 6.07) is 0.790. The van der Waals surface area contributed by atoms with Crippen molar-refractivity contribution in [2.45, 2.75) is 39.8 Å². The lowest BCUT2D eigenvalue weighted by molar-refractivity contribution is 0.139. The van der Waals surface area contributed by atoms with Crippen molar-refractivity contribution in [3.8, 4) is 0 Å². The third-order valence-electron chi connectivity index (χ3n) is 2.08. The molecule has 0 aliphatic heterocycles. The van der Waals surface area contributed by atoms with E-state index in [2.05, 4.69) is 43.1 Å². The van der Waals surface area contributed by atoms with Gasteiger partial charge < -0.3 is 0 Å². The van der Waals surface area contributed by atoms with Crippen LogP contribution in [0.2, 0.25) is 0 Å². The van der Waals surface area contributed by atoms with Gasteiger partial charge in [-0.3, -0.25) is 9.99 Å². The Morgan fingerprint density at radius 2 is 1.93 bits per heavy atom. The highest BCUT2D eigenvalue weighted by molar-refractivity contribution is 7.80. The summed E-state index contributed by atoms with van der Waals surface area (Å²) in [4.78, 5) is 3.96. The van der Waals surface area contributed by atoms with E-state index in [9.17, 15) is 0 Å². The lowest BCUT2D eigenvalue weighted by atomic mass is 10.3. The van der Waals surface area contributed by atoms with Crippen LogP contribution in [0.1, 0.15) is 27.7 Å². The van der Waals surface area contributed by atoms with Crippen molar-refractivity contribution in [1.29, 1.82) is 0 Å². The molecule has 15 heavy (non-hydrogen) atoms. The van der Waals surface area contributed by atoms with Crippen molar-refractivity contribution < 1.29 is 0 Å². The molecule has 0 bridgehead atoms. The average molecular weight is 226 g/mol. The fourth-order valence-electron chi connectivity index (χ4n) is 1.40. The molecule has 4 nitrogen and oxygen atoms in total. The van der Waals surface area contributed by atoms with Gasteiger partial charge in [-0.25, -0.2) is 9.99 Å². The summed E-state index contributed by atoms with van der Waals surface area (Å²) < 4.78 is 1.78. The molecule has 5 heteroatoms. The maximum Gasteiger partial charge on any atom is 0.193 e. The first-order valence-electron chi connectivity index (χ1n) is 5.09. The van der Waals surface area contributed by atoms with Crippen LogP contribution in [-0.2, 0) is 0 Å². The molecule has 1 rings (SSSR count). The second kappa shape index (κ2) is 5.23. The summed E-state index contributed by atoms with van der Waals surface area (Å²) in [5.74, 6) is 0. The van der Waals surface area contributed by atoms with Crippen LogP contribution < -0.4 is 5.43 Å². The van der Waals surface area contributed by atoms with E-state index < -0.39 is 0 Å². The largest absolute Gasteiger partial charge is 0.294 e. The van der Waals surface area contributed by atoms with Crippen LogP contribution in [0, 0.1) is 0 Å². The van der Waals surface area contributed by atoms with Crippen molar-refractivity contribution in [3.05, 3.63) is 18.7 Å². The molecule has 0 spiro atoms. The molecule has 0 saturated heterocycles. The molecular formula is C10H18N4S. The highest BCUT2D eigenvalue weighted by atomic mass is 32.1. The topological polar surface area (TPSA) is 33.1 Å². The first kappa shape index (κ1) is 12.1. The average Bonchev–Trinajstić information content (AvgIpc) is 2.65. The van der Waals surface area contributed by atoms with E-state index in [0.717, 1.165) is 0 Å². The molecule has 1 heterocycles. The fraction of sp³-hybridized carbons (Fsp3) is 0.600. The number of imidazole rings is 1. The van der Waals surface area contributed by atoms with Crippen molar-refractivity contribution >= 4 is 17.3 Å². The Balaban J connectivity index is 2.63. The van der Waals surface area contributed by atoms with E-state index >= 15 is 0 Å². The van der Waals surface area contributed by atoms with Crippen molar-refractivity contribution in [3.63, 3.8) is 0 Å². The number of hydrogen-bond acceptors (Lipinski definition) is 3. The van der Waals surface area contributed by atoms with Gasteiger partial charge in [0.05, 0.1) is 0 Å². The van der Waals surface area contributed by atoms with Crippen LogP contribution in [0.25, 0.3) is 0 Å². The van der Waals surface area contributed by atoms with Gasteiger partial charge in [-0.1, -0.05) is 0 Å². The second-order valence-corrected chi connectivity index (χ2v) is 4.37. The molecule has 1 aromatic rings. The predicted molar refractivity (Wildman–Crippen MR) is 65.5 cm³/mol. The standard InChI is InChI=1S/C10H18N4S/c1-8(2)14(9(3)4)12-10(15)13-6-5-11-7-13/h5-9H,1-4H3,(H,12,15). The molecule has 0 saturated carbocycles. The molecule has 0 aliphatic rings. The molecule has 0 aliphatic carbocycles. The number of nitrogens with one attached hydrogen (secondary N) is 1. The van der Waals surface area contributed by atoms with Gasteiger partial charge in [0, 0.05) is 24.5 Å². The van der Waals surface area contributed by atoms with Crippen molar-refractivity contribution in [2.24, 2.45) is 0 Å². The predicted octanol–water partition coefficient (Wildman–Crippen LogP) is 1.64. The number of rotatable bonds is 3. The van der Waals surface area contributed by atoms with E-state index in [1.807, 2.05) is 6.20 Å². The fourth-order valence-corrected chi connectivity index (χ4v) is 1.62. The van der Waals surface area contributed by atoms with Gasteiger partial charge in [0.15, 0.2) is 5.11 Å². The summed E-state index contributed by atoms with van der Waals surface area (Å²) >= 11 is 5.26. The molecule has 1 N–H and O–H groups in total. The first-order valence-corrected chi connectivity index (χ1v) is 5.50. The van der Waals surface area contributed by atoms with Crippen LogP contribution in [0.4, 0.5) is 0 Å². The number of hydrogen-bond donors (Lipinski definition) is 1. The Bertz CT molecular complexity index is 297. The molecule has 0 atom stereocenters. The Morgan fingerprint density at radius 1 is 1.33 bits per heavy atom. The van der Waals surface area contributed by atoms with E-state index in [0.29, 0.717) is 17.2 Å². The summed E-state index contributed by atoms with van der Waals surface area (Å²) in [5, 5.41) is 2.76. The van der Waals surface area contributed by atoms with Gasteiger partial charge in [0.1, 0.15) is 6.33 Å². The Labute approximate surface area is 96.3 Å². The SMILES string of the molecule is CC(C)N(NC(=S)n1ccnc1)C(C)C. The van der Waals surface area contributed by atoms with Gasteiger partial charge in [-0.05, 0) is 39.9 Å². The zero-order valence-corrected chi connectivity index (χ0v) is 10.5. The van der Waals surface area contributed by atoms with E-state index in [1.165, 1.54) is 0 Å². The zero-order chi connectivity index (χ0) is 11.4. The quantitative estimate of drug-likeness (QED) is 0.627. The minimum Gasteiger partial charge on any atom is -0.294 e. The van der Waals surface area contributed by atoms with Crippen LogP contribution >= 0.6 is 12.2 Å². The highest BCUT2D eigenvalue weighted by Gasteiger charge is 2.14. The van der Waals surface area contributed by atoms with Gasteiger partial charge in [-0.15, -0.1) is 0 Å². The highest BCUT2D eigenvalue weighted by Crippen LogP contribution is 2.01. The monoisotopic (exact) mass is 226 g/mol. The minimum atomic E-state index is 0.395. The molecule has 0 fully saturated rings. The molecule has 1 aromatic heterocycles. The van der Waals surface area contributed by atoms with Crippen LogP contribution in [0.15, 0.2) is 18.7 Å². The third kappa shape index (κ3) is 3.28. The summed E-state index contributed by atoms with van der Waals surface area (Å²) in [6.07, 6.45) is 5.23. The van der Waals surface area contributed by atoms with Gasteiger partial charge >= 0.3 is 0 Å². The molecule has 0 radical (unpaired) electrons. The molecule has 0 aromatic carbocycles. The number of nitrogens with zero attached hydrogens (tertiary/aromatic N) is 3. The van der Waals surface area contributed by atoms with Gasteiger partial charge in [-0.2, -0.15) is 0 Å². The van der Waals surface area contributed by atoms with Crippen molar-refractivity contribution in [1.82, 2.24) is 20.0 Å². The smallest absolute Gasteiger partial charge is 0.193 e. The van der Waals surface area contributed by atoms with E-state index in [1.54, 1.807) is 17.1 Å². The first-order chi connectivity index (χ1) is 7.02. The van der Waals surface area contributed by atoms with Crippen molar-refractivity contribution in [2.75, 3.05) is 0 Å². The Kier molecular flexibility index (Phi) is 4.23. The molecule has 84 valence electrons. The second-order valence-electron chi connectivity index (χ2n) is 3.98. The van der Waals surface area contributed by atoms with Crippen LogP contribution in [0.5, 0.6) is 0 Å². The lowest BCUT2D eigenvalue weighted by Gasteiger charge is -2.31. The maximum atomic E-state index is 5.26. The summed E-state index contributed by atoms with van der Waals surface area (Å²) in [7, 11) is 0. The van der Waals surface area contributed by atoms with Crippen LogP contribution in [-0.4, -0.2) is 31.8 Å². The summed E-state index contributed by atoms with van der Waals surface area (Å²) in [5.41, 5.74) is 3.21. The van der Waals surface area contributed by atoms with Crippen LogP contribution in [0.3, 0.4) is 0 Å². The Morgan fingerprint density at radius 3 is 2.33 bits per heavy atom. The van der Waals surface area contributed by atoms with E-state index in [-0.39, 0.29) is 0 Å². The minimum absolute atomic E-state index is 0.395. The molecular weight excluding hydrogens is 208 g/mol. The molecule has 0 amide bonds. The Hall–Kier alpha value is -0.940. The number of thiocarbonyl (C=S) groups is 1. The number of hydrazine groups is 1. The third-order valence-corrected chi connectivity index (χ3v) is 2.38. The lowest BCUT2D eigenvalue weighted by Crippen LogP contribution is -2.51. The number of aromatic nitrogens is 2. The zero-order valence-electron chi connectivity index (χ0n) is 9.64. The van der Waals surface area contributed by atoms with Gasteiger partial charge in [0.2, 0.25) is 0 Å². The van der Waals surface area contributed by atoms with Gasteiger partial charge in [0.25, 0.3) is 0 Å². The maximum absolute atomic E-state index is 5.26. The molecule has 0 unspecified atom stereocenters. The normalized spacial score (nSPS) is 11.4. The summed E-state index contributed by atoms with van der Waals surface area (Å²) in [6.45, 7) is 8.51. The van der Waals surface area contributed by atoms with E-state index in [4.69, 9.17) is 12.2 Å².